The maximum Gasteiger partial charge on any atom is 0.356 e. The molecule has 3 heterocycles. The van der Waals surface area contributed by atoms with Crippen molar-refractivity contribution in [3.8, 4) is 22.5 Å². The van der Waals surface area contributed by atoms with E-state index in [2.05, 4.69) is 10.1 Å². The zero-order chi connectivity index (χ0) is 17.2. The fourth-order valence-corrected chi connectivity index (χ4v) is 2.61. The molecule has 0 atom stereocenters. The predicted molar refractivity (Wildman–Crippen MR) is 90.9 cm³/mol. The zero-order valence-electron chi connectivity index (χ0n) is 13.4. The maximum absolute atomic E-state index is 11.8. The van der Waals surface area contributed by atoms with Gasteiger partial charge in [0, 0.05) is 22.7 Å². The number of carbonyl (C=O) groups excluding carboxylic acids is 1. The molecule has 124 valence electrons. The van der Waals surface area contributed by atoms with E-state index >= 15 is 0 Å². The molecule has 0 fully saturated rings. The Morgan fingerprint density at radius 3 is 2.84 bits per heavy atom. The maximum atomic E-state index is 11.8. The summed E-state index contributed by atoms with van der Waals surface area (Å²) in [5.74, 6) is 0.209. The van der Waals surface area contributed by atoms with E-state index in [4.69, 9.17) is 13.7 Å². The first-order valence-corrected chi connectivity index (χ1v) is 7.81. The van der Waals surface area contributed by atoms with E-state index < -0.39 is 5.97 Å². The van der Waals surface area contributed by atoms with Crippen LogP contribution in [0.2, 0.25) is 0 Å². The van der Waals surface area contributed by atoms with Crippen LogP contribution in [0.4, 0.5) is 0 Å². The Hall–Kier alpha value is -3.41. The van der Waals surface area contributed by atoms with Gasteiger partial charge >= 0.3 is 5.97 Å². The molecule has 0 bridgehead atoms. The lowest BCUT2D eigenvalue weighted by Crippen LogP contribution is -2.06. The summed E-state index contributed by atoms with van der Waals surface area (Å²) in [6.07, 6.45) is 4.82. The molecule has 25 heavy (non-hydrogen) atoms. The van der Waals surface area contributed by atoms with Gasteiger partial charge in [-0.3, -0.25) is 0 Å². The molecule has 3 aromatic heterocycles. The average molecular weight is 334 g/mol. The Morgan fingerprint density at radius 1 is 1.12 bits per heavy atom. The van der Waals surface area contributed by atoms with Crippen molar-refractivity contribution in [2.45, 2.75) is 6.92 Å². The van der Waals surface area contributed by atoms with Gasteiger partial charge in [-0.2, -0.15) is 0 Å². The van der Waals surface area contributed by atoms with Crippen LogP contribution in [0.5, 0.6) is 0 Å². The van der Waals surface area contributed by atoms with Gasteiger partial charge in [-0.05, 0) is 42.8 Å². The van der Waals surface area contributed by atoms with Crippen LogP contribution in [0.25, 0.3) is 33.4 Å². The van der Waals surface area contributed by atoms with E-state index in [1.54, 1.807) is 37.7 Å². The minimum atomic E-state index is -0.449. The molecule has 0 aliphatic heterocycles. The largest absolute Gasteiger partial charge is 0.461 e. The number of rotatable bonds is 4. The van der Waals surface area contributed by atoms with E-state index in [-0.39, 0.29) is 5.69 Å². The minimum absolute atomic E-state index is 0.255. The van der Waals surface area contributed by atoms with Gasteiger partial charge in [0.05, 0.1) is 12.8 Å². The lowest BCUT2D eigenvalue weighted by atomic mass is 10.1. The number of benzene rings is 1. The molecule has 0 radical (unpaired) electrons. The van der Waals surface area contributed by atoms with Crippen molar-refractivity contribution in [1.29, 1.82) is 0 Å². The van der Waals surface area contributed by atoms with Crippen molar-refractivity contribution in [2.75, 3.05) is 6.61 Å². The molecule has 0 saturated carbocycles. The van der Waals surface area contributed by atoms with E-state index in [0.717, 1.165) is 27.7 Å². The summed E-state index contributed by atoms with van der Waals surface area (Å²) in [6, 6.07) is 11.2. The number of nitrogens with zero attached hydrogens (tertiary/aromatic N) is 2. The van der Waals surface area contributed by atoms with Crippen LogP contribution in [-0.4, -0.2) is 22.7 Å². The summed E-state index contributed by atoms with van der Waals surface area (Å²) >= 11 is 0. The van der Waals surface area contributed by atoms with Gasteiger partial charge in [0.15, 0.2) is 0 Å². The second kappa shape index (κ2) is 6.24. The van der Waals surface area contributed by atoms with Crippen LogP contribution < -0.4 is 0 Å². The number of pyridine rings is 1. The monoisotopic (exact) mass is 334 g/mol. The van der Waals surface area contributed by atoms with Gasteiger partial charge in [0.1, 0.15) is 23.3 Å². The fraction of sp³-hybridized carbons (Fsp3) is 0.105. The molecule has 0 N–H and O–H groups in total. The Morgan fingerprint density at radius 2 is 2.04 bits per heavy atom. The van der Waals surface area contributed by atoms with Crippen LogP contribution in [0.1, 0.15) is 17.4 Å². The number of hydrogen-bond donors (Lipinski definition) is 0. The van der Waals surface area contributed by atoms with Crippen molar-refractivity contribution in [3.63, 3.8) is 0 Å². The summed E-state index contributed by atoms with van der Waals surface area (Å²) in [4.78, 5) is 15.9. The molecule has 0 spiro atoms. The topological polar surface area (TPSA) is 78.4 Å². The van der Waals surface area contributed by atoms with E-state index in [1.807, 2.05) is 24.3 Å². The molecule has 0 saturated heterocycles. The zero-order valence-corrected chi connectivity index (χ0v) is 13.4. The van der Waals surface area contributed by atoms with Crippen LogP contribution in [0.3, 0.4) is 0 Å². The highest BCUT2D eigenvalue weighted by molar-refractivity contribution is 5.90. The third kappa shape index (κ3) is 2.89. The highest BCUT2D eigenvalue weighted by atomic mass is 16.5. The molecular formula is C19H14N2O4. The quantitative estimate of drug-likeness (QED) is 0.517. The standard InChI is InChI=1S/C19H14N2O4/c1-2-23-19(22)16-8-13(5-6-20-16)18-9-14-7-12(3-4-17(14)25-18)15-10-21-24-11-15/h3-11H,2H2,1H3. The number of esters is 1. The molecule has 0 amide bonds. The van der Waals surface area contributed by atoms with E-state index in [0.29, 0.717) is 12.4 Å². The SMILES string of the molecule is CCOC(=O)c1cc(-c2cc3cc(-c4cnoc4)ccc3o2)ccn1. The normalized spacial score (nSPS) is 10.9. The molecule has 1 aromatic carbocycles. The third-order valence-electron chi connectivity index (χ3n) is 3.81. The number of carbonyl (C=O) groups is 1. The fourth-order valence-electron chi connectivity index (χ4n) is 2.61. The average Bonchev–Trinajstić information content (AvgIpc) is 3.31. The van der Waals surface area contributed by atoms with Crippen LogP contribution in [0, 0.1) is 0 Å². The Labute approximate surface area is 143 Å². The number of fused-ring (bicyclic) bond motifs is 1. The summed E-state index contributed by atoms with van der Waals surface area (Å²) in [5.41, 5.74) is 3.66. The number of furan rings is 1. The number of ether oxygens (including phenoxy) is 1. The van der Waals surface area contributed by atoms with Crippen LogP contribution in [-0.2, 0) is 4.74 Å². The van der Waals surface area contributed by atoms with Crippen molar-refractivity contribution in [1.82, 2.24) is 10.1 Å². The van der Waals surface area contributed by atoms with Crippen molar-refractivity contribution in [2.24, 2.45) is 0 Å². The van der Waals surface area contributed by atoms with Crippen molar-refractivity contribution < 1.29 is 18.5 Å². The Kier molecular flexibility index (Phi) is 3.78. The predicted octanol–water partition coefficient (Wildman–Crippen LogP) is 4.33. The van der Waals surface area contributed by atoms with Gasteiger partial charge in [-0.1, -0.05) is 11.2 Å². The first-order chi connectivity index (χ1) is 12.2. The summed E-state index contributed by atoms with van der Waals surface area (Å²) in [7, 11) is 0. The van der Waals surface area contributed by atoms with Crippen LogP contribution in [0.15, 0.2) is 64.0 Å². The van der Waals surface area contributed by atoms with Gasteiger partial charge in [0.25, 0.3) is 0 Å². The van der Waals surface area contributed by atoms with Gasteiger partial charge in [0.2, 0.25) is 0 Å². The van der Waals surface area contributed by atoms with Gasteiger partial charge in [-0.15, -0.1) is 0 Å². The highest BCUT2D eigenvalue weighted by Crippen LogP contribution is 2.31. The van der Waals surface area contributed by atoms with Gasteiger partial charge < -0.3 is 13.7 Å². The number of hydrogen-bond acceptors (Lipinski definition) is 6. The van der Waals surface area contributed by atoms with E-state index in [9.17, 15) is 4.79 Å². The Balaban J connectivity index is 1.72. The molecule has 0 unspecified atom stereocenters. The molecule has 4 aromatic rings. The number of aromatic nitrogens is 2. The van der Waals surface area contributed by atoms with E-state index in [1.165, 1.54) is 0 Å². The third-order valence-corrected chi connectivity index (χ3v) is 3.81. The molecule has 6 heteroatoms. The minimum Gasteiger partial charge on any atom is -0.461 e. The lowest BCUT2D eigenvalue weighted by Gasteiger charge is -2.02. The summed E-state index contributed by atoms with van der Waals surface area (Å²) in [6.45, 7) is 2.06. The van der Waals surface area contributed by atoms with Crippen molar-refractivity contribution >= 4 is 16.9 Å². The first-order valence-electron chi connectivity index (χ1n) is 7.81. The molecular weight excluding hydrogens is 320 g/mol. The summed E-state index contributed by atoms with van der Waals surface area (Å²) in [5, 5.41) is 4.67. The van der Waals surface area contributed by atoms with Gasteiger partial charge in [-0.25, -0.2) is 9.78 Å². The smallest absolute Gasteiger partial charge is 0.356 e. The molecule has 0 aliphatic rings. The van der Waals surface area contributed by atoms with Crippen LogP contribution >= 0.6 is 0 Å². The second-order valence-corrected chi connectivity index (χ2v) is 5.43. The van der Waals surface area contributed by atoms with Crippen molar-refractivity contribution in [3.05, 3.63) is 60.7 Å². The summed E-state index contributed by atoms with van der Waals surface area (Å²) < 4.78 is 15.8. The molecule has 0 aliphatic carbocycles. The molecule has 4 rings (SSSR count). The first kappa shape index (κ1) is 15.1. The Bertz CT molecular complexity index is 1030. The molecule has 6 nitrogen and oxygen atoms in total. The second-order valence-electron chi connectivity index (χ2n) is 5.43. The lowest BCUT2D eigenvalue weighted by molar-refractivity contribution is 0.0519. The highest BCUT2D eigenvalue weighted by Gasteiger charge is 2.13.